The molecule has 0 bridgehead atoms. The molecule has 8 rings (SSSR count). The average Bonchev–Trinajstić information content (AvgIpc) is 3.98. The minimum absolute atomic E-state index is 0.129. The van der Waals surface area contributed by atoms with Crippen molar-refractivity contribution in [2.75, 3.05) is 62.4 Å². The monoisotopic (exact) mass is 977 g/mol. The number of likely N-dealkylation sites (tertiary alicyclic amines) is 1. The van der Waals surface area contributed by atoms with Crippen molar-refractivity contribution in [3.8, 4) is 16.2 Å². The number of hydrogen-bond donors (Lipinski definition) is 6. The molecule has 16 nitrogen and oxygen atoms in total. The number of amides is 3. The predicted molar refractivity (Wildman–Crippen MR) is 273 cm³/mol. The number of β-amino-alcohol motifs (C(OH)–C–C–N with tert-alkyl or cyclic N) is 1. The lowest BCUT2D eigenvalue weighted by molar-refractivity contribution is -0.142. The van der Waals surface area contributed by atoms with E-state index in [1.54, 1.807) is 48.6 Å². The number of anilines is 5. The maximum absolute atomic E-state index is 14.5. The number of methoxy groups -OCH3 is 1. The van der Waals surface area contributed by atoms with E-state index in [2.05, 4.69) is 78.2 Å². The molecule has 2 aliphatic heterocycles. The van der Waals surface area contributed by atoms with Crippen molar-refractivity contribution in [1.82, 2.24) is 40.7 Å². The number of ether oxygens (including phenoxy) is 1. The van der Waals surface area contributed by atoms with Crippen molar-refractivity contribution in [2.24, 2.45) is 5.41 Å². The van der Waals surface area contributed by atoms with E-state index in [-0.39, 0.29) is 36.7 Å². The van der Waals surface area contributed by atoms with Crippen LogP contribution in [0.3, 0.4) is 0 Å². The number of thiazole rings is 1. The fourth-order valence-electron chi connectivity index (χ4n) is 9.72. The number of aliphatic hydroxyl groups excluding tert-OH is 1. The van der Waals surface area contributed by atoms with Crippen LogP contribution in [0, 0.1) is 12.3 Å². The number of aliphatic hydroxyl groups is 1. The van der Waals surface area contributed by atoms with Crippen LogP contribution in [0.25, 0.3) is 10.4 Å². The Hall–Kier alpha value is -5.85. The number of aromatic nitrogens is 3. The molecular formula is C51H64ClN11O5S. The number of para-hydroxylation sites is 1. The molecule has 3 aliphatic rings. The summed E-state index contributed by atoms with van der Waals surface area (Å²) in [5, 5.41) is 27.0. The number of halogens is 1. The Labute approximate surface area is 413 Å². The van der Waals surface area contributed by atoms with E-state index in [1.165, 1.54) is 6.20 Å². The van der Waals surface area contributed by atoms with Gasteiger partial charge in [-0.1, -0.05) is 75.2 Å². The molecule has 0 spiro atoms. The molecule has 366 valence electrons. The summed E-state index contributed by atoms with van der Waals surface area (Å²) in [7, 11) is 3.21. The van der Waals surface area contributed by atoms with Gasteiger partial charge in [-0.15, -0.1) is 11.3 Å². The summed E-state index contributed by atoms with van der Waals surface area (Å²) in [6.07, 6.45) is 4.98. The molecule has 0 radical (unpaired) electrons. The van der Waals surface area contributed by atoms with E-state index < -0.39 is 23.6 Å². The van der Waals surface area contributed by atoms with Gasteiger partial charge in [0.05, 0.1) is 58.5 Å². The summed E-state index contributed by atoms with van der Waals surface area (Å²) in [5.41, 5.74) is 7.19. The number of rotatable bonds is 15. The molecular weight excluding hydrogens is 914 g/mol. The topological polar surface area (TPSA) is 189 Å². The summed E-state index contributed by atoms with van der Waals surface area (Å²) in [6.45, 7) is 12.1. The summed E-state index contributed by atoms with van der Waals surface area (Å²) in [6, 6.07) is 20.5. The number of nitrogens with one attached hydrogen (secondary N) is 5. The fourth-order valence-corrected chi connectivity index (χ4v) is 10.7. The van der Waals surface area contributed by atoms with Gasteiger partial charge in [0, 0.05) is 76.6 Å². The maximum Gasteiger partial charge on any atom is 0.253 e. The lowest BCUT2D eigenvalue weighted by Crippen LogP contribution is -2.60. The SMILES string of the molecule is CNC(=O)c1ccccc1Nc1nc(Nc2ccc(N3CCN(C4CCCC(N[C@H](C(=O)N5C[C@H](O)C[C@H]5C(=O)NCc5ccc(-c6scnc6C)cc5)C(C)(C)C)C4)CC3)cc2OC)ncc1Cl. The van der Waals surface area contributed by atoms with Gasteiger partial charge < -0.3 is 46.2 Å². The third kappa shape index (κ3) is 11.8. The van der Waals surface area contributed by atoms with Crippen molar-refractivity contribution in [1.29, 1.82) is 0 Å². The Kier molecular flexibility index (Phi) is 15.7. The van der Waals surface area contributed by atoms with Crippen LogP contribution in [-0.2, 0) is 16.1 Å². The Balaban J connectivity index is 0.850. The molecule has 5 atom stereocenters. The first kappa shape index (κ1) is 49.6. The number of carbonyl (C=O) groups excluding carboxylic acids is 3. The second-order valence-electron chi connectivity index (χ2n) is 19.2. The van der Waals surface area contributed by atoms with Crippen LogP contribution >= 0.6 is 22.9 Å². The number of benzene rings is 3. The van der Waals surface area contributed by atoms with Gasteiger partial charge in [-0.25, -0.2) is 9.97 Å². The number of nitrogens with zero attached hydrogens (tertiary/aromatic N) is 6. The van der Waals surface area contributed by atoms with Crippen LogP contribution in [0.5, 0.6) is 5.75 Å². The van der Waals surface area contributed by atoms with Crippen molar-refractivity contribution < 1.29 is 24.2 Å². The zero-order valence-corrected chi connectivity index (χ0v) is 41.8. The summed E-state index contributed by atoms with van der Waals surface area (Å²) in [5.74, 6) is 0.653. The quantitative estimate of drug-likeness (QED) is 0.0622. The normalized spacial score (nSPS) is 20.3. The van der Waals surface area contributed by atoms with E-state index >= 15 is 0 Å². The minimum atomic E-state index is -0.769. The lowest BCUT2D eigenvalue weighted by Gasteiger charge is -2.44. The van der Waals surface area contributed by atoms with Gasteiger partial charge in [0.2, 0.25) is 17.8 Å². The maximum atomic E-state index is 14.5. The largest absolute Gasteiger partial charge is 0.494 e. The van der Waals surface area contributed by atoms with Crippen LogP contribution in [0.1, 0.15) is 74.5 Å². The van der Waals surface area contributed by atoms with Crippen LogP contribution in [0.15, 0.2) is 78.4 Å². The van der Waals surface area contributed by atoms with Gasteiger partial charge in [0.25, 0.3) is 5.91 Å². The van der Waals surface area contributed by atoms with Crippen molar-refractivity contribution >= 4 is 69.5 Å². The molecule has 2 unspecified atom stereocenters. The highest BCUT2D eigenvalue weighted by atomic mass is 35.5. The molecule has 1 saturated carbocycles. The van der Waals surface area contributed by atoms with E-state index in [0.717, 1.165) is 79.2 Å². The summed E-state index contributed by atoms with van der Waals surface area (Å²) in [4.78, 5) is 61.7. The van der Waals surface area contributed by atoms with Crippen LogP contribution in [0.2, 0.25) is 5.02 Å². The first-order valence-electron chi connectivity index (χ1n) is 23.8. The zero-order chi connectivity index (χ0) is 48.8. The molecule has 69 heavy (non-hydrogen) atoms. The lowest BCUT2D eigenvalue weighted by atomic mass is 9.82. The highest BCUT2D eigenvalue weighted by Crippen LogP contribution is 2.35. The standard InChI is InChI=1S/C51H64ClN11O5S/c1-31-44(69-30-56-31)33-16-14-32(15-17-33)27-54-48(66)42-26-37(64)29-63(42)49(67)45(51(2,3)4)57-34-10-9-11-35(24-34)61-20-22-62(23-21-61)36-18-19-41(43(25-36)68-6)59-50-55-28-39(52)46(60-50)58-40-13-8-7-12-38(40)47(65)53-5/h7-8,12-19,25,28,30,34-35,37,42,45,57,64H,9-11,20-24,26-27,29H2,1-6H3,(H,53,65)(H,54,66)(H2,55,58,59,60)/t34?,35?,37-,42+,45-/m1/s1. The number of aryl methyl sites for hydroxylation is 1. The molecule has 3 aromatic carbocycles. The first-order valence-corrected chi connectivity index (χ1v) is 25.0. The van der Waals surface area contributed by atoms with E-state index in [9.17, 15) is 19.5 Å². The first-order chi connectivity index (χ1) is 33.2. The van der Waals surface area contributed by atoms with E-state index in [1.807, 2.05) is 54.9 Å². The molecule has 1 aliphatic carbocycles. The van der Waals surface area contributed by atoms with Crippen molar-refractivity contribution in [3.05, 3.63) is 100 Å². The summed E-state index contributed by atoms with van der Waals surface area (Å²) >= 11 is 8.09. The van der Waals surface area contributed by atoms with Crippen molar-refractivity contribution in [3.63, 3.8) is 0 Å². The smallest absolute Gasteiger partial charge is 0.253 e. The van der Waals surface area contributed by atoms with Crippen LogP contribution < -0.4 is 36.2 Å². The molecule has 2 saturated heterocycles. The van der Waals surface area contributed by atoms with Crippen molar-refractivity contribution in [2.45, 2.75) is 96.6 Å². The Morgan fingerprint density at radius 3 is 2.43 bits per heavy atom. The molecule has 18 heteroatoms. The fraction of sp³-hybridized carbons (Fsp3) is 0.451. The number of carbonyl (C=O) groups is 3. The van der Waals surface area contributed by atoms with Gasteiger partial charge in [0.15, 0.2) is 5.82 Å². The highest BCUT2D eigenvalue weighted by Gasteiger charge is 2.45. The Morgan fingerprint density at radius 1 is 0.957 bits per heavy atom. The molecule has 2 aromatic heterocycles. The Bertz CT molecular complexity index is 2600. The third-order valence-electron chi connectivity index (χ3n) is 13.5. The van der Waals surface area contributed by atoms with Gasteiger partial charge in [-0.05, 0) is 67.0 Å². The van der Waals surface area contributed by atoms with Gasteiger partial charge in [0.1, 0.15) is 16.8 Å². The molecule has 6 N–H and O–H groups in total. The second kappa shape index (κ2) is 21.8. The minimum Gasteiger partial charge on any atom is -0.494 e. The van der Waals surface area contributed by atoms with Gasteiger partial charge in [-0.3, -0.25) is 19.3 Å². The molecule has 5 aromatic rings. The molecule has 4 heterocycles. The van der Waals surface area contributed by atoms with E-state index in [0.29, 0.717) is 52.1 Å². The van der Waals surface area contributed by atoms with Gasteiger partial charge >= 0.3 is 0 Å². The number of hydrogen-bond acceptors (Lipinski definition) is 14. The second-order valence-corrected chi connectivity index (χ2v) is 20.5. The molecule has 3 amide bonds. The van der Waals surface area contributed by atoms with Crippen LogP contribution in [-0.4, -0.2) is 125 Å². The van der Waals surface area contributed by atoms with Gasteiger partial charge in [-0.2, -0.15) is 4.98 Å². The predicted octanol–water partition coefficient (Wildman–Crippen LogP) is 7.13. The highest BCUT2D eigenvalue weighted by molar-refractivity contribution is 7.13. The summed E-state index contributed by atoms with van der Waals surface area (Å²) < 4.78 is 5.84. The zero-order valence-electron chi connectivity index (χ0n) is 40.2. The van der Waals surface area contributed by atoms with Crippen LogP contribution in [0.4, 0.5) is 28.8 Å². The van der Waals surface area contributed by atoms with E-state index in [4.69, 9.17) is 16.3 Å². The average molecular weight is 979 g/mol. The third-order valence-corrected chi connectivity index (χ3v) is 14.7. The number of piperazine rings is 1. The molecule has 3 fully saturated rings. The Morgan fingerprint density at radius 2 is 1.72 bits per heavy atom.